The molecule has 132 valence electrons. The van der Waals surface area contributed by atoms with Gasteiger partial charge in [0.2, 0.25) is 5.95 Å². The highest BCUT2D eigenvalue weighted by atomic mass is 35.5. The Bertz CT molecular complexity index is 642. The average molecular weight is 370 g/mol. The normalized spacial score (nSPS) is 15.9. The van der Waals surface area contributed by atoms with E-state index in [-0.39, 0.29) is 18.4 Å². The van der Waals surface area contributed by atoms with Gasteiger partial charge in [0.25, 0.3) is 0 Å². The Hall–Kier alpha value is -1.28. The van der Waals surface area contributed by atoms with E-state index in [1.54, 1.807) is 11.3 Å². The Morgan fingerprint density at radius 2 is 1.92 bits per heavy atom. The van der Waals surface area contributed by atoms with Crippen molar-refractivity contribution in [2.24, 2.45) is 0 Å². The van der Waals surface area contributed by atoms with Gasteiger partial charge in [0.1, 0.15) is 0 Å². The van der Waals surface area contributed by atoms with Crippen LogP contribution in [0.25, 0.3) is 0 Å². The van der Waals surface area contributed by atoms with Gasteiger partial charge in [-0.15, -0.1) is 23.7 Å². The number of halogens is 1. The molecule has 0 saturated carbocycles. The van der Waals surface area contributed by atoms with E-state index < -0.39 is 0 Å². The number of nitrogens with zero attached hydrogens (tertiary/aromatic N) is 4. The molecule has 1 N–H and O–H groups in total. The van der Waals surface area contributed by atoms with Gasteiger partial charge in [-0.05, 0) is 20.8 Å². The van der Waals surface area contributed by atoms with E-state index in [1.807, 2.05) is 19.3 Å². The van der Waals surface area contributed by atoms with E-state index >= 15 is 0 Å². The van der Waals surface area contributed by atoms with Crippen LogP contribution in [0.3, 0.4) is 0 Å². The second-order valence-electron chi connectivity index (χ2n) is 5.78. The van der Waals surface area contributed by atoms with Crippen molar-refractivity contribution < 1.29 is 4.74 Å². The first-order valence-corrected chi connectivity index (χ1v) is 8.76. The molecule has 1 aliphatic heterocycles. The fraction of sp³-hybridized carbons (Fsp3) is 0.562. The van der Waals surface area contributed by atoms with E-state index in [2.05, 4.69) is 39.0 Å². The van der Waals surface area contributed by atoms with Crippen molar-refractivity contribution in [1.29, 1.82) is 0 Å². The molecule has 1 saturated heterocycles. The third kappa shape index (κ3) is 4.63. The molecule has 3 heterocycles. The maximum atomic E-state index is 5.35. The first-order valence-electron chi connectivity index (χ1n) is 7.94. The maximum absolute atomic E-state index is 5.35. The maximum Gasteiger partial charge on any atom is 0.225 e. The van der Waals surface area contributed by atoms with Crippen molar-refractivity contribution in [1.82, 2.24) is 20.3 Å². The fourth-order valence-electron chi connectivity index (χ4n) is 2.68. The lowest BCUT2D eigenvalue weighted by atomic mass is 10.2. The number of thiazole rings is 1. The Morgan fingerprint density at radius 3 is 2.50 bits per heavy atom. The summed E-state index contributed by atoms with van der Waals surface area (Å²) in [5.41, 5.74) is 2.21. The number of hydrogen-bond acceptors (Lipinski definition) is 7. The summed E-state index contributed by atoms with van der Waals surface area (Å²) in [6, 6.07) is 0.278. The number of ether oxygens (including phenoxy) is 1. The molecule has 6 nitrogen and oxygen atoms in total. The Morgan fingerprint density at radius 1 is 1.25 bits per heavy atom. The largest absolute Gasteiger partial charge is 0.378 e. The van der Waals surface area contributed by atoms with Crippen LogP contribution in [0.1, 0.15) is 34.1 Å². The summed E-state index contributed by atoms with van der Waals surface area (Å²) in [5.74, 6) is 0.791. The SMILES string of the molecule is Cc1nc(C)c(C(C)NCc2cnc(N3CCOCC3)nc2)s1.Cl. The molecule has 1 fully saturated rings. The first-order chi connectivity index (χ1) is 11.1. The lowest BCUT2D eigenvalue weighted by Gasteiger charge is -2.26. The van der Waals surface area contributed by atoms with Crippen LogP contribution >= 0.6 is 23.7 Å². The molecule has 8 heteroatoms. The smallest absolute Gasteiger partial charge is 0.225 e. The van der Waals surface area contributed by atoms with E-state index in [0.29, 0.717) is 0 Å². The topological polar surface area (TPSA) is 63.2 Å². The molecule has 0 aliphatic carbocycles. The molecule has 24 heavy (non-hydrogen) atoms. The van der Waals surface area contributed by atoms with Crippen molar-refractivity contribution in [3.05, 3.63) is 33.5 Å². The van der Waals surface area contributed by atoms with Crippen LogP contribution < -0.4 is 10.2 Å². The van der Waals surface area contributed by atoms with Gasteiger partial charge in [0, 0.05) is 48.5 Å². The van der Waals surface area contributed by atoms with Crippen LogP contribution in [-0.4, -0.2) is 41.3 Å². The Balaban J connectivity index is 0.00000208. The molecular formula is C16H24ClN5OS. The number of aromatic nitrogens is 3. The molecule has 1 atom stereocenters. The van der Waals surface area contributed by atoms with E-state index in [9.17, 15) is 0 Å². The van der Waals surface area contributed by atoms with Crippen molar-refractivity contribution in [3.63, 3.8) is 0 Å². The lowest BCUT2D eigenvalue weighted by molar-refractivity contribution is 0.122. The summed E-state index contributed by atoms with van der Waals surface area (Å²) in [7, 11) is 0. The van der Waals surface area contributed by atoms with Crippen molar-refractivity contribution >= 4 is 29.7 Å². The summed E-state index contributed by atoms with van der Waals surface area (Å²) in [5, 5.41) is 4.64. The van der Waals surface area contributed by atoms with Gasteiger partial charge in [0.05, 0.1) is 23.9 Å². The molecule has 0 aromatic carbocycles. The minimum Gasteiger partial charge on any atom is -0.378 e. The zero-order valence-corrected chi connectivity index (χ0v) is 15.9. The molecule has 1 unspecified atom stereocenters. The molecule has 0 radical (unpaired) electrons. The standard InChI is InChI=1S/C16H23N5OS.ClH/c1-11(15-12(2)20-13(3)23-15)17-8-14-9-18-16(19-10-14)21-4-6-22-7-5-21;/h9-11,17H,4-8H2,1-3H3;1H. The highest BCUT2D eigenvalue weighted by Gasteiger charge is 2.14. The fourth-order valence-corrected chi connectivity index (χ4v) is 3.63. The van der Waals surface area contributed by atoms with Crippen LogP contribution in [0, 0.1) is 13.8 Å². The molecular weight excluding hydrogens is 346 g/mol. The van der Waals surface area contributed by atoms with Crippen molar-refractivity contribution in [2.75, 3.05) is 31.2 Å². The Kier molecular flexibility index (Phi) is 6.91. The van der Waals surface area contributed by atoms with Crippen LogP contribution in [0.15, 0.2) is 12.4 Å². The summed E-state index contributed by atoms with van der Waals surface area (Å²) < 4.78 is 5.35. The molecule has 0 spiro atoms. The minimum atomic E-state index is 0. The van der Waals surface area contributed by atoms with E-state index in [1.165, 1.54) is 4.88 Å². The third-order valence-corrected chi connectivity index (χ3v) is 5.19. The van der Waals surface area contributed by atoms with Gasteiger partial charge in [-0.1, -0.05) is 0 Å². The average Bonchev–Trinajstić information content (AvgIpc) is 2.92. The number of morpholine rings is 1. The van der Waals surface area contributed by atoms with E-state index in [0.717, 1.165) is 55.1 Å². The first kappa shape index (κ1) is 19.1. The van der Waals surface area contributed by atoms with Crippen molar-refractivity contribution in [3.8, 4) is 0 Å². The molecule has 0 bridgehead atoms. The van der Waals surface area contributed by atoms with Crippen LogP contribution in [0.5, 0.6) is 0 Å². The van der Waals surface area contributed by atoms with Gasteiger partial charge >= 0.3 is 0 Å². The molecule has 1 aliphatic rings. The summed E-state index contributed by atoms with van der Waals surface area (Å²) in [6.07, 6.45) is 3.81. The number of rotatable bonds is 5. The second-order valence-corrected chi connectivity index (χ2v) is 7.01. The van der Waals surface area contributed by atoms with Gasteiger partial charge in [-0.2, -0.15) is 0 Å². The zero-order chi connectivity index (χ0) is 16.2. The number of nitrogens with one attached hydrogen (secondary N) is 1. The zero-order valence-electron chi connectivity index (χ0n) is 14.3. The third-order valence-electron chi connectivity index (χ3n) is 3.93. The number of anilines is 1. The summed E-state index contributed by atoms with van der Waals surface area (Å²) in [6.45, 7) is 10.3. The minimum absolute atomic E-state index is 0. The summed E-state index contributed by atoms with van der Waals surface area (Å²) >= 11 is 1.76. The van der Waals surface area contributed by atoms with E-state index in [4.69, 9.17) is 4.74 Å². The van der Waals surface area contributed by atoms with Crippen LogP contribution in [-0.2, 0) is 11.3 Å². The lowest BCUT2D eigenvalue weighted by Crippen LogP contribution is -2.37. The molecule has 2 aromatic heterocycles. The van der Waals surface area contributed by atoms with Crippen LogP contribution in [0.4, 0.5) is 5.95 Å². The Labute approximate surface area is 153 Å². The predicted octanol–water partition coefficient (Wildman–Crippen LogP) is 2.66. The highest BCUT2D eigenvalue weighted by Crippen LogP contribution is 2.24. The van der Waals surface area contributed by atoms with Gasteiger partial charge in [-0.3, -0.25) is 0 Å². The highest BCUT2D eigenvalue weighted by molar-refractivity contribution is 7.11. The van der Waals surface area contributed by atoms with Gasteiger partial charge in [-0.25, -0.2) is 15.0 Å². The molecule has 2 aromatic rings. The second kappa shape index (κ2) is 8.71. The quantitative estimate of drug-likeness (QED) is 0.874. The van der Waals surface area contributed by atoms with Crippen molar-refractivity contribution in [2.45, 2.75) is 33.4 Å². The van der Waals surface area contributed by atoms with Gasteiger partial charge in [0.15, 0.2) is 0 Å². The van der Waals surface area contributed by atoms with Crippen LogP contribution in [0.2, 0.25) is 0 Å². The summed E-state index contributed by atoms with van der Waals surface area (Å²) in [4.78, 5) is 16.9. The monoisotopic (exact) mass is 369 g/mol. The number of aryl methyl sites for hydroxylation is 2. The number of hydrogen-bond donors (Lipinski definition) is 1. The van der Waals surface area contributed by atoms with Gasteiger partial charge < -0.3 is 15.0 Å². The molecule has 3 rings (SSSR count). The predicted molar refractivity (Wildman–Crippen MR) is 99.2 cm³/mol. The molecule has 0 amide bonds.